The molecule has 0 fully saturated rings. The molecule has 1 N–H and O–H groups in total. The van der Waals surface area contributed by atoms with Crippen molar-refractivity contribution in [2.45, 2.75) is 31.6 Å². The first-order valence-electron chi connectivity index (χ1n) is 4.81. The fourth-order valence-corrected chi connectivity index (χ4v) is 1.77. The monoisotopic (exact) mass is 251 g/mol. The van der Waals surface area contributed by atoms with Gasteiger partial charge in [0.2, 0.25) is 5.91 Å². The average molecular weight is 251 g/mol. The summed E-state index contributed by atoms with van der Waals surface area (Å²) in [6, 6.07) is -0.989. The molecular weight excluding hydrogens is 234 g/mol. The van der Waals surface area contributed by atoms with Crippen LogP contribution in [0.1, 0.15) is 20.3 Å². The fraction of sp³-hybridized carbons (Fsp3) is 0.778. The van der Waals surface area contributed by atoms with E-state index in [1.807, 2.05) is 0 Å². The minimum absolute atomic E-state index is 0.230. The van der Waals surface area contributed by atoms with Gasteiger partial charge in [0.25, 0.3) is 0 Å². The highest BCUT2D eigenvalue weighted by molar-refractivity contribution is 7.92. The SMILES string of the molecule is CCC(C(=O)O)N(C)C(=O)C(C)S(C)(=O)=O. The van der Waals surface area contributed by atoms with Gasteiger partial charge in [-0.2, -0.15) is 0 Å². The Bertz CT molecular complexity index is 375. The first-order chi connectivity index (χ1) is 7.12. The van der Waals surface area contributed by atoms with Crippen LogP contribution in [0, 0.1) is 0 Å². The van der Waals surface area contributed by atoms with Gasteiger partial charge in [0.05, 0.1) is 0 Å². The van der Waals surface area contributed by atoms with Crippen molar-refractivity contribution in [1.82, 2.24) is 4.90 Å². The average Bonchev–Trinajstić information content (AvgIpc) is 2.14. The number of carboxylic acids is 1. The van der Waals surface area contributed by atoms with Crippen LogP contribution >= 0.6 is 0 Å². The molecule has 2 unspecified atom stereocenters. The number of hydrogen-bond donors (Lipinski definition) is 1. The lowest BCUT2D eigenvalue weighted by Gasteiger charge is -2.25. The third kappa shape index (κ3) is 3.48. The van der Waals surface area contributed by atoms with Crippen molar-refractivity contribution in [3.05, 3.63) is 0 Å². The summed E-state index contributed by atoms with van der Waals surface area (Å²) >= 11 is 0. The molecule has 0 rings (SSSR count). The zero-order chi connectivity index (χ0) is 13.1. The maximum Gasteiger partial charge on any atom is 0.326 e. The van der Waals surface area contributed by atoms with Gasteiger partial charge in [-0.15, -0.1) is 0 Å². The van der Waals surface area contributed by atoms with Crippen LogP contribution in [0.3, 0.4) is 0 Å². The molecule has 94 valence electrons. The van der Waals surface area contributed by atoms with E-state index in [4.69, 9.17) is 5.11 Å². The molecule has 0 aliphatic heterocycles. The Balaban J connectivity index is 4.93. The fourth-order valence-electron chi connectivity index (χ4n) is 1.24. The first kappa shape index (κ1) is 14.9. The molecule has 0 aromatic carbocycles. The number of rotatable bonds is 5. The summed E-state index contributed by atoms with van der Waals surface area (Å²) in [6.07, 6.45) is 1.18. The summed E-state index contributed by atoms with van der Waals surface area (Å²) in [4.78, 5) is 23.4. The Morgan fingerprint density at radius 2 is 1.81 bits per heavy atom. The molecule has 0 aromatic rings. The third-order valence-electron chi connectivity index (χ3n) is 2.48. The lowest BCUT2D eigenvalue weighted by atomic mass is 10.2. The number of likely N-dealkylation sites (N-methyl/N-ethyl adjacent to an activating group) is 1. The summed E-state index contributed by atoms with van der Waals surface area (Å²) in [6.45, 7) is 2.87. The minimum atomic E-state index is -3.50. The van der Waals surface area contributed by atoms with E-state index in [2.05, 4.69) is 0 Å². The second-order valence-corrected chi connectivity index (χ2v) is 6.05. The molecule has 2 atom stereocenters. The molecule has 0 radical (unpaired) electrons. The normalized spacial score (nSPS) is 15.2. The molecule has 0 spiro atoms. The number of sulfone groups is 1. The predicted molar refractivity (Wildman–Crippen MR) is 58.8 cm³/mol. The topological polar surface area (TPSA) is 91.8 Å². The Morgan fingerprint density at radius 3 is 2.06 bits per heavy atom. The van der Waals surface area contributed by atoms with Gasteiger partial charge in [0.1, 0.15) is 11.3 Å². The molecule has 16 heavy (non-hydrogen) atoms. The number of aliphatic carboxylic acids is 1. The second kappa shape index (κ2) is 5.29. The van der Waals surface area contributed by atoms with Crippen LogP contribution in [0.5, 0.6) is 0 Å². The van der Waals surface area contributed by atoms with E-state index >= 15 is 0 Å². The van der Waals surface area contributed by atoms with Crippen LogP contribution in [0.25, 0.3) is 0 Å². The van der Waals surface area contributed by atoms with Crippen LogP contribution in [-0.4, -0.2) is 54.9 Å². The van der Waals surface area contributed by atoms with Crippen LogP contribution in [0.4, 0.5) is 0 Å². The van der Waals surface area contributed by atoms with Gasteiger partial charge in [-0.3, -0.25) is 4.79 Å². The maximum atomic E-state index is 11.7. The number of carbonyl (C=O) groups excluding carboxylic acids is 1. The van der Waals surface area contributed by atoms with Crippen molar-refractivity contribution in [3.8, 4) is 0 Å². The molecule has 0 saturated carbocycles. The zero-order valence-electron chi connectivity index (χ0n) is 9.80. The quantitative estimate of drug-likeness (QED) is 0.727. The van der Waals surface area contributed by atoms with Crippen LogP contribution < -0.4 is 0 Å². The molecular formula is C9H17NO5S. The van der Waals surface area contributed by atoms with E-state index < -0.39 is 33.0 Å². The summed E-state index contributed by atoms with van der Waals surface area (Å²) < 4.78 is 22.3. The summed E-state index contributed by atoms with van der Waals surface area (Å²) in [7, 11) is -2.20. The number of carboxylic acid groups (broad SMARTS) is 1. The summed E-state index contributed by atoms with van der Waals surface area (Å²) in [5, 5.41) is 7.62. The number of amides is 1. The largest absolute Gasteiger partial charge is 0.480 e. The predicted octanol–water partition coefficient (Wildman–Crippen LogP) is -0.259. The van der Waals surface area contributed by atoms with Crippen LogP contribution in [0.15, 0.2) is 0 Å². The Labute approximate surface area is 95.2 Å². The lowest BCUT2D eigenvalue weighted by molar-refractivity contribution is -0.148. The highest BCUT2D eigenvalue weighted by Crippen LogP contribution is 2.08. The van der Waals surface area contributed by atoms with Crippen molar-refractivity contribution in [2.75, 3.05) is 13.3 Å². The van der Waals surface area contributed by atoms with Gasteiger partial charge in [-0.25, -0.2) is 13.2 Å². The minimum Gasteiger partial charge on any atom is -0.480 e. The van der Waals surface area contributed by atoms with E-state index in [-0.39, 0.29) is 6.42 Å². The lowest BCUT2D eigenvalue weighted by Crippen LogP contribution is -2.47. The van der Waals surface area contributed by atoms with E-state index in [0.29, 0.717) is 0 Å². The number of carbonyl (C=O) groups is 2. The second-order valence-electron chi connectivity index (χ2n) is 3.68. The maximum absolute atomic E-state index is 11.7. The summed E-state index contributed by atoms with van der Waals surface area (Å²) in [5.41, 5.74) is 0. The van der Waals surface area contributed by atoms with Crippen LogP contribution in [-0.2, 0) is 19.4 Å². The highest BCUT2D eigenvalue weighted by atomic mass is 32.2. The molecule has 7 heteroatoms. The number of hydrogen-bond acceptors (Lipinski definition) is 4. The van der Waals surface area contributed by atoms with E-state index in [1.54, 1.807) is 6.92 Å². The van der Waals surface area contributed by atoms with Gasteiger partial charge in [-0.05, 0) is 13.3 Å². The Morgan fingerprint density at radius 1 is 1.38 bits per heavy atom. The van der Waals surface area contributed by atoms with Crippen molar-refractivity contribution >= 4 is 21.7 Å². The van der Waals surface area contributed by atoms with Crippen molar-refractivity contribution in [1.29, 1.82) is 0 Å². The van der Waals surface area contributed by atoms with Gasteiger partial charge >= 0.3 is 5.97 Å². The molecule has 0 bridgehead atoms. The molecule has 6 nitrogen and oxygen atoms in total. The summed E-state index contributed by atoms with van der Waals surface area (Å²) in [5.74, 6) is -1.84. The first-order valence-corrected chi connectivity index (χ1v) is 6.76. The standard InChI is InChI=1S/C9H17NO5S/c1-5-7(9(12)13)10(3)8(11)6(2)16(4,14)15/h6-7H,5H2,1-4H3,(H,12,13). The van der Waals surface area contributed by atoms with Crippen molar-refractivity contribution < 1.29 is 23.1 Å². The van der Waals surface area contributed by atoms with E-state index in [0.717, 1.165) is 11.2 Å². The highest BCUT2D eigenvalue weighted by Gasteiger charge is 2.32. The van der Waals surface area contributed by atoms with Gasteiger partial charge in [-0.1, -0.05) is 6.92 Å². The van der Waals surface area contributed by atoms with E-state index in [9.17, 15) is 18.0 Å². The van der Waals surface area contributed by atoms with Gasteiger partial charge in [0, 0.05) is 13.3 Å². The van der Waals surface area contributed by atoms with E-state index in [1.165, 1.54) is 14.0 Å². The molecule has 0 aliphatic rings. The molecule has 0 aromatic heterocycles. The van der Waals surface area contributed by atoms with Crippen molar-refractivity contribution in [3.63, 3.8) is 0 Å². The third-order valence-corrected chi connectivity index (χ3v) is 3.96. The smallest absolute Gasteiger partial charge is 0.326 e. The molecule has 0 heterocycles. The molecule has 0 saturated heterocycles. The number of nitrogens with zero attached hydrogens (tertiary/aromatic N) is 1. The van der Waals surface area contributed by atoms with Crippen molar-refractivity contribution in [2.24, 2.45) is 0 Å². The van der Waals surface area contributed by atoms with Crippen LogP contribution in [0.2, 0.25) is 0 Å². The van der Waals surface area contributed by atoms with Gasteiger partial charge < -0.3 is 10.0 Å². The van der Waals surface area contributed by atoms with Gasteiger partial charge in [0.15, 0.2) is 9.84 Å². The Kier molecular flexibility index (Phi) is 4.92. The molecule has 0 aliphatic carbocycles. The molecule has 1 amide bonds. The zero-order valence-corrected chi connectivity index (χ0v) is 10.6. The Hall–Kier alpha value is -1.11.